The highest BCUT2D eigenvalue weighted by atomic mass is 19.1. The number of fused-ring (bicyclic) bond motifs is 1. The molecule has 6 rings (SSSR count). The first-order valence-electron chi connectivity index (χ1n) is 19.7. The Bertz CT molecular complexity index is 2010. The van der Waals surface area contributed by atoms with Crippen molar-refractivity contribution in [3.8, 4) is 18.1 Å². The van der Waals surface area contributed by atoms with Crippen molar-refractivity contribution in [1.29, 1.82) is 0 Å². The lowest BCUT2D eigenvalue weighted by atomic mass is 10.0. The molecule has 0 saturated carbocycles. The number of nitrogens with one attached hydrogen (secondary N) is 2. The van der Waals surface area contributed by atoms with Crippen molar-refractivity contribution < 1.29 is 13.5 Å². The van der Waals surface area contributed by atoms with E-state index in [1.807, 2.05) is 24.4 Å². The van der Waals surface area contributed by atoms with E-state index in [0.717, 1.165) is 95.0 Å². The number of terminal acetylenes is 1. The SMILES string of the molecule is C#CC.C=CNC1=C(/C=C(/C=C)c2ccc(F)cc2)N(C)CCC1.C=Cc1ccnc2cc(OCCCN3CCCCC3)c(C)cc12.CNc1ccc(C)c(F)c1. The summed E-state index contributed by atoms with van der Waals surface area (Å²) in [7, 11) is 3.84. The minimum atomic E-state index is -0.231. The third-order valence-electron chi connectivity index (χ3n) is 9.68. The number of hydrogen-bond donors (Lipinski definition) is 2. The van der Waals surface area contributed by atoms with Gasteiger partial charge in [0.25, 0.3) is 0 Å². The number of rotatable bonds is 12. The Morgan fingerprint density at radius 1 is 0.947 bits per heavy atom. The zero-order valence-electron chi connectivity index (χ0n) is 34.6. The number of allylic oxidation sites excluding steroid dienone is 4. The van der Waals surface area contributed by atoms with Crippen LogP contribution in [0.5, 0.6) is 5.75 Å². The largest absolute Gasteiger partial charge is 0.493 e. The van der Waals surface area contributed by atoms with Crippen LogP contribution in [0.2, 0.25) is 0 Å². The van der Waals surface area contributed by atoms with Gasteiger partial charge in [0, 0.05) is 56.2 Å². The zero-order valence-corrected chi connectivity index (χ0v) is 34.6. The summed E-state index contributed by atoms with van der Waals surface area (Å²) in [5.41, 5.74) is 8.95. The molecule has 0 unspecified atom stereocenters. The Kier molecular flexibility index (Phi) is 19.9. The molecule has 0 bridgehead atoms. The first kappa shape index (κ1) is 45.7. The lowest BCUT2D eigenvalue weighted by Gasteiger charge is -2.29. The van der Waals surface area contributed by atoms with Gasteiger partial charge in [-0.25, -0.2) is 8.78 Å². The van der Waals surface area contributed by atoms with Gasteiger partial charge in [-0.1, -0.05) is 56.5 Å². The summed E-state index contributed by atoms with van der Waals surface area (Å²) < 4.78 is 31.8. The zero-order chi connectivity index (χ0) is 41.6. The van der Waals surface area contributed by atoms with E-state index in [1.165, 1.54) is 50.6 Å². The number of halogens is 2. The summed E-state index contributed by atoms with van der Waals surface area (Å²) in [6, 6.07) is 17.8. The number of pyridine rings is 1. The third-order valence-corrected chi connectivity index (χ3v) is 9.68. The summed E-state index contributed by atoms with van der Waals surface area (Å²) in [4.78, 5) is 9.22. The highest BCUT2D eigenvalue weighted by Gasteiger charge is 2.16. The van der Waals surface area contributed by atoms with Gasteiger partial charge in [-0.15, -0.1) is 12.3 Å². The second-order valence-electron chi connectivity index (χ2n) is 13.9. The molecular weight excluding hydrogens is 713 g/mol. The summed E-state index contributed by atoms with van der Waals surface area (Å²) in [5.74, 6) is 2.81. The smallest absolute Gasteiger partial charge is 0.128 e. The van der Waals surface area contributed by atoms with Crippen molar-refractivity contribution in [2.24, 2.45) is 0 Å². The summed E-state index contributed by atoms with van der Waals surface area (Å²) >= 11 is 0. The van der Waals surface area contributed by atoms with Crippen molar-refractivity contribution in [2.75, 3.05) is 52.2 Å². The van der Waals surface area contributed by atoms with E-state index in [-0.39, 0.29) is 11.6 Å². The van der Waals surface area contributed by atoms with Crippen LogP contribution in [0.25, 0.3) is 22.6 Å². The molecule has 0 radical (unpaired) electrons. The average Bonchev–Trinajstić information content (AvgIpc) is 3.22. The van der Waals surface area contributed by atoms with E-state index in [2.05, 4.69) is 89.7 Å². The highest BCUT2D eigenvalue weighted by molar-refractivity contribution is 5.89. The summed E-state index contributed by atoms with van der Waals surface area (Å²) in [6.45, 7) is 22.4. The van der Waals surface area contributed by atoms with Crippen LogP contribution in [0.4, 0.5) is 14.5 Å². The molecule has 1 fully saturated rings. The van der Waals surface area contributed by atoms with Gasteiger partial charge in [0.05, 0.1) is 17.8 Å². The number of benzene rings is 3. The normalized spacial score (nSPS) is 14.0. The van der Waals surface area contributed by atoms with Crippen LogP contribution in [0, 0.1) is 37.8 Å². The van der Waals surface area contributed by atoms with E-state index in [1.54, 1.807) is 51.4 Å². The fourth-order valence-electron chi connectivity index (χ4n) is 6.53. The molecule has 2 N–H and O–H groups in total. The molecule has 3 heterocycles. The minimum absolute atomic E-state index is 0.160. The van der Waals surface area contributed by atoms with E-state index in [0.29, 0.717) is 5.56 Å². The molecule has 3 aromatic carbocycles. The number of hydrogen-bond acceptors (Lipinski definition) is 6. The van der Waals surface area contributed by atoms with E-state index in [9.17, 15) is 8.78 Å². The second-order valence-corrected chi connectivity index (χ2v) is 13.9. The molecule has 0 spiro atoms. The Morgan fingerprint density at radius 3 is 2.30 bits per heavy atom. The standard InChI is InChI=1S/C20H26N2O.C18H21FN2.C8H10FN.C3H4/c1-3-17-8-9-21-19-15-20(16(2)14-18(17)19)23-13-7-12-22-10-5-4-6-11-22;1-4-14(15-8-10-16(19)11-9-15)13-18-17(20-5-2)7-6-12-21(18)3;1-6-3-4-7(10-2)5-8(6)9;1-3-2/h3,8-9,14-15H,1,4-7,10-13H2,2H3;4-5,8-11,13,20H,1-2,6-7,12H2,3H3;3-5,10H,1-2H3;1H,2H3/b;14-13-;;. The molecule has 2 aliphatic rings. The Morgan fingerprint density at radius 2 is 1.67 bits per heavy atom. The van der Waals surface area contributed by atoms with E-state index in [4.69, 9.17) is 4.74 Å². The van der Waals surface area contributed by atoms with Gasteiger partial charge in [-0.05, 0) is 142 Å². The van der Waals surface area contributed by atoms with Gasteiger partial charge in [0.2, 0.25) is 0 Å². The number of ether oxygens (including phenoxy) is 1. The lowest BCUT2D eigenvalue weighted by Crippen LogP contribution is -2.31. The Labute approximate surface area is 340 Å². The number of nitrogens with zero attached hydrogens (tertiary/aromatic N) is 3. The van der Waals surface area contributed by atoms with Gasteiger partial charge in [0.15, 0.2) is 0 Å². The molecule has 0 atom stereocenters. The van der Waals surface area contributed by atoms with Crippen molar-refractivity contribution >= 4 is 28.2 Å². The summed E-state index contributed by atoms with van der Waals surface area (Å²) in [6.07, 6.45) is 21.2. The lowest BCUT2D eigenvalue weighted by molar-refractivity contribution is 0.204. The number of aromatic nitrogens is 1. The van der Waals surface area contributed by atoms with Crippen molar-refractivity contribution in [3.05, 3.63) is 150 Å². The van der Waals surface area contributed by atoms with Crippen LogP contribution in [0.1, 0.15) is 67.7 Å². The molecule has 4 aromatic rings. The topological polar surface area (TPSA) is 52.7 Å². The van der Waals surface area contributed by atoms with Gasteiger partial charge in [-0.3, -0.25) is 4.98 Å². The molecule has 1 saturated heterocycles. The first-order chi connectivity index (χ1) is 27.6. The maximum atomic E-state index is 13.1. The molecule has 0 aliphatic carbocycles. The molecule has 2 aliphatic heterocycles. The van der Waals surface area contributed by atoms with Gasteiger partial charge in [0.1, 0.15) is 17.4 Å². The highest BCUT2D eigenvalue weighted by Crippen LogP contribution is 2.28. The predicted molar refractivity (Wildman–Crippen MR) is 239 cm³/mol. The van der Waals surface area contributed by atoms with Crippen LogP contribution in [0.3, 0.4) is 0 Å². The summed E-state index contributed by atoms with van der Waals surface area (Å²) in [5, 5.41) is 7.21. The van der Waals surface area contributed by atoms with Gasteiger partial charge >= 0.3 is 0 Å². The number of anilines is 1. The van der Waals surface area contributed by atoms with Crippen LogP contribution in [-0.4, -0.2) is 61.7 Å². The maximum absolute atomic E-state index is 13.1. The quantitative estimate of drug-likeness (QED) is 0.0850. The van der Waals surface area contributed by atoms with Crippen molar-refractivity contribution in [3.63, 3.8) is 0 Å². The van der Waals surface area contributed by atoms with Crippen LogP contribution in [0.15, 0.2) is 116 Å². The number of piperidine rings is 1. The molecule has 302 valence electrons. The molecular formula is C49H61F2N5O. The van der Waals surface area contributed by atoms with Crippen LogP contribution < -0.4 is 15.4 Å². The fraction of sp³-hybridized carbons (Fsp3) is 0.327. The molecule has 57 heavy (non-hydrogen) atoms. The fourth-order valence-corrected chi connectivity index (χ4v) is 6.53. The molecule has 8 heteroatoms. The predicted octanol–water partition coefficient (Wildman–Crippen LogP) is 11.3. The average molecular weight is 774 g/mol. The van der Waals surface area contributed by atoms with Crippen molar-refractivity contribution in [2.45, 2.75) is 59.3 Å². The molecule has 6 nitrogen and oxygen atoms in total. The number of aryl methyl sites for hydroxylation is 2. The van der Waals surface area contributed by atoms with Crippen LogP contribution >= 0.6 is 0 Å². The maximum Gasteiger partial charge on any atom is 0.128 e. The number of likely N-dealkylation sites (N-methyl/N-ethyl adjacent to an activating group) is 1. The Balaban J connectivity index is 0.000000235. The van der Waals surface area contributed by atoms with E-state index < -0.39 is 0 Å². The monoisotopic (exact) mass is 773 g/mol. The first-order valence-corrected chi connectivity index (χ1v) is 19.7. The van der Waals surface area contributed by atoms with Gasteiger partial charge < -0.3 is 25.2 Å². The van der Waals surface area contributed by atoms with Gasteiger partial charge in [-0.2, -0.15) is 0 Å². The Hall–Kier alpha value is -5.65. The minimum Gasteiger partial charge on any atom is -0.493 e. The molecule has 0 amide bonds. The third kappa shape index (κ3) is 14.7. The van der Waals surface area contributed by atoms with Crippen LogP contribution in [-0.2, 0) is 0 Å². The van der Waals surface area contributed by atoms with Crippen molar-refractivity contribution in [1.82, 2.24) is 20.1 Å². The molecule has 1 aromatic heterocycles. The second kappa shape index (κ2) is 24.8. The number of likely N-dealkylation sites (tertiary alicyclic amines) is 1. The van der Waals surface area contributed by atoms with E-state index >= 15 is 0 Å².